The summed E-state index contributed by atoms with van der Waals surface area (Å²) in [5, 5.41) is 0. The fraction of sp³-hybridized carbons (Fsp3) is 0.571. The largest absolute Gasteiger partial charge is 0.377 e. The maximum absolute atomic E-state index is 12.6. The van der Waals surface area contributed by atoms with Crippen molar-refractivity contribution < 1.29 is 14.3 Å². The SMILES string of the molecule is CO[C@@H]1CN(C(=O)c2ccncc2)[C@H]2CCCO[C@@H]12. The summed E-state index contributed by atoms with van der Waals surface area (Å²) in [4.78, 5) is 18.4. The number of hydrogen-bond donors (Lipinski definition) is 0. The van der Waals surface area contributed by atoms with E-state index in [0.717, 1.165) is 19.4 Å². The van der Waals surface area contributed by atoms with Crippen LogP contribution in [-0.2, 0) is 9.47 Å². The topological polar surface area (TPSA) is 51.7 Å². The van der Waals surface area contributed by atoms with Crippen molar-refractivity contribution in [3.8, 4) is 0 Å². The first-order chi connectivity index (χ1) is 9.31. The molecule has 3 rings (SSSR count). The molecular weight excluding hydrogens is 244 g/mol. The molecule has 2 aliphatic heterocycles. The van der Waals surface area contributed by atoms with Gasteiger partial charge in [-0.25, -0.2) is 0 Å². The van der Waals surface area contributed by atoms with Crippen LogP contribution < -0.4 is 0 Å². The summed E-state index contributed by atoms with van der Waals surface area (Å²) in [6.07, 6.45) is 5.28. The average molecular weight is 262 g/mol. The summed E-state index contributed by atoms with van der Waals surface area (Å²) in [5.41, 5.74) is 0.677. The van der Waals surface area contributed by atoms with Gasteiger partial charge < -0.3 is 14.4 Å². The fourth-order valence-corrected chi connectivity index (χ4v) is 3.01. The van der Waals surface area contributed by atoms with E-state index in [1.54, 1.807) is 31.6 Å². The first kappa shape index (κ1) is 12.6. The molecule has 0 radical (unpaired) electrons. The van der Waals surface area contributed by atoms with Crippen molar-refractivity contribution in [1.82, 2.24) is 9.88 Å². The van der Waals surface area contributed by atoms with Gasteiger partial charge in [-0.1, -0.05) is 0 Å². The van der Waals surface area contributed by atoms with E-state index in [4.69, 9.17) is 9.47 Å². The molecule has 0 aliphatic carbocycles. The van der Waals surface area contributed by atoms with Crippen LogP contribution in [0, 0.1) is 0 Å². The third kappa shape index (κ3) is 2.24. The highest BCUT2D eigenvalue weighted by Crippen LogP contribution is 2.31. The lowest BCUT2D eigenvalue weighted by molar-refractivity contribution is -0.0639. The van der Waals surface area contributed by atoms with E-state index >= 15 is 0 Å². The summed E-state index contributed by atoms with van der Waals surface area (Å²) >= 11 is 0. The number of likely N-dealkylation sites (tertiary alicyclic amines) is 1. The van der Waals surface area contributed by atoms with Crippen LogP contribution in [0.3, 0.4) is 0 Å². The van der Waals surface area contributed by atoms with Gasteiger partial charge in [-0.05, 0) is 25.0 Å². The normalized spacial score (nSPS) is 30.2. The molecule has 1 aromatic heterocycles. The number of carbonyl (C=O) groups is 1. The number of nitrogens with zero attached hydrogens (tertiary/aromatic N) is 2. The van der Waals surface area contributed by atoms with E-state index in [2.05, 4.69) is 4.98 Å². The van der Waals surface area contributed by atoms with Crippen LogP contribution in [0.25, 0.3) is 0 Å². The summed E-state index contributed by atoms with van der Waals surface area (Å²) in [6, 6.07) is 3.64. The van der Waals surface area contributed by atoms with Gasteiger partial charge in [0.05, 0.1) is 12.6 Å². The Hall–Kier alpha value is -1.46. The Labute approximate surface area is 112 Å². The lowest BCUT2D eigenvalue weighted by atomic mass is 10.0. The predicted octanol–water partition coefficient (Wildman–Crippen LogP) is 1.10. The molecule has 0 spiro atoms. The van der Waals surface area contributed by atoms with Crippen molar-refractivity contribution >= 4 is 5.91 Å². The number of hydrogen-bond acceptors (Lipinski definition) is 4. The molecule has 5 nitrogen and oxygen atoms in total. The number of amides is 1. The minimum Gasteiger partial charge on any atom is -0.377 e. The number of ether oxygens (including phenoxy) is 2. The third-order valence-corrected chi connectivity index (χ3v) is 3.97. The molecule has 19 heavy (non-hydrogen) atoms. The first-order valence-electron chi connectivity index (χ1n) is 6.66. The number of aromatic nitrogens is 1. The highest BCUT2D eigenvalue weighted by molar-refractivity contribution is 5.94. The van der Waals surface area contributed by atoms with Crippen LogP contribution in [0.15, 0.2) is 24.5 Å². The maximum Gasteiger partial charge on any atom is 0.254 e. The van der Waals surface area contributed by atoms with Gasteiger partial charge in [-0.15, -0.1) is 0 Å². The van der Waals surface area contributed by atoms with Crippen LogP contribution in [0.1, 0.15) is 23.2 Å². The highest BCUT2D eigenvalue weighted by atomic mass is 16.5. The van der Waals surface area contributed by atoms with Crippen molar-refractivity contribution in [3.05, 3.63) is 30.1 Å². The zero-order valence-electron chi connectivity index (χ0n) is 11.0. The maximum atomic E-state index is 12.6. The number of fused-ring (bicyclic) bond motifs is 1. The molecule has 102 valence electrons. The summed E-state index contributed by atoms with van der Waals surface area (Å²) in [7, 11) is 1.68. The second kappa shape index (κ2) is 5.27. The van der Waals surface area contributed by atoms with Crippen molar-refractivity contribution in [2.24, 2.45) is 0 Å². The van der Waals surface area contributed by atoms with E-state index in [9.17, 15) is 4.79 Å². The van der Waals surface area contributed by atoms with Crippen molar-refractivity contribution in [2.45, 2.75) is 31.1 Å². The van der Waals surface area contributed by atoms with Gasteiger partial charge in [0.2, 0.25) is 0 Å². The molecule has 0 N–H and O–H groups in total. The number of methoxy groups -OCH3 is 1. The molecule has 2 fully saturated rings. The molecule has 0 aromatic carbocycles. The van der Waals surface area contributed by atoms with Crippen LogP contribution in [0.4, 0.5) is 0 Å². The van der Waals surface area contributed by atoms with E-state index in [0.29, 0.717) is 12.1 Å². The molecule has 0 bridgehead atoms. The highest BCUT2D eigenvalue weighted by Gasteiger charge is 2.46. The Morgan fingerprint density at radius 1 is 1.47 bits per heavy atom. The summed E-state index contributed by atoms with van der Waals surface area (Å²) < 4.78 is 11.3. The standard InChI is InChI=1S/C14H18N2O3/c1-18-12-9-16(11-3-2-8-19-13(11)12)14(17)10-4-6-15-7-5-10/h4-7,11-13H,2-3,8-9H2,1H3/t11-,12+,13+/m0/s1. The Balaban J connectivity index is 1.82. The molecule has 1 aromatic rings. The van der Waals surface area contributed by atoms with Crippen molar-refractivity contribution in [3.63, 3.8) is 0 Å². The van der Waals surface area contributed by atoms with Crippen molar-refractivity contribution in [2.75, 3.05) is 20.3 Å². The van der Waals surface area contributed by atoms with E-state index in [1.165, 1.54) is 0 Å². The summed E-state index contributed by atoms with van der Waals surface area (Å²) in [6.45, 7) is 1.37. The molecule has 2 aliphatic rings. The van der Waals surface area contributed by atoms with Gasteiger partial charge >= 0.3 is 0 Å². The zero-order chi connectivity index (χ0) is 13.2. The monoisotopic (exact) mass is 262 g/mol. The minimum atomic E-state index is -0.0175. The van der Waals surface area contributed by atoms with Gasteiger partial charge in [0.1, 0.15) is 12.2 Å². The van der Waals surface area contributed by atoms with Crippen molar-refractivity contribution in [1.29, 1.82) is 0 Å². The Morgan fingerprint density at radius 3 is 3.00 bits per heavy atom. The minimum absolute atomic E-state index is 0.0175. The smallest absolute Gasteiger partial charge is 0.254 e. The molecule has 5 heteroatoms. The Kier molecular flexibility index (Phi) is 3.48. The van der Waals surface area contributed by atoms with Crippen LogP contribution in [0.2, 0.25) is 0 Å². The van der Waals surface area contributed by atoms with E-state index in [1.807, 2.05) is 4.90 Å². The van der Waals surface area contributed by atoms with Gasteiger partial charge in [0, 0.05) is 31.7 Å². The molecule has 3 atom stereocenters. The summed E-state index contributed by atoms with van der Waals surface area (Å²) in [5.74, 6) is 0.0439. The average Bonchev–Trinajstić information content (AvgIpc) is 2.86. The van der Waals surface area contributed by atoms with Crippen LogP contribution in [-0.4, -0.2) is 54.3 Å². The quantitative estimate of drug-likeness (QED) is 0.801. The van der Waals surface area contributed by atoms with Crippen LogP contribution in [0.5, 0.6) is 0 Å². The van der Waals surface area contributed by atoms with Gasteiger partial charge in [0.25, 0.3) is 5.91 Å². The first-order valence-corrected chi connectivity index (χ1v) is 6.66. The molecule has 2 saturated heterocycles. The Morgan fingerprint density at radius 2 is 2.26 bits per heavy atom. The molecule has 0 saturated carbocycles. The van der Waals surface area contributed by atoms with E-state index < -0.39 is 0 Å². The van der Waals surface area contributed by atoms with Gasteiger partial charge in [-0.2, -0.15) is 0 Å². The van der Waals surface area contributed by atoms with Gasteiger partial charge in [-0.3, -0.25) is 9.78 Å². The lowest BCUT2D eigenvalue weighted by Crippen LogP contribution is -2.43. The number of carbonyl (C=O) groups excluding carboxylic acids is 1. The zero-order valence-corrected chi connectivity index (χ0v) is 11.0. The molecule has 0 unspecified atom stereocenters. The van der Waals surface area contributed by atoms with E-state index in [-0.39, 0.29) is 24.2 Å². The number of pyridine rings is 1. The predicted molar refractivity (Wildman–Crippen MR) is 68.8 cm³/mol. The molecule has 3 heterocycles. The van der Waals surface area contributed by atoms with Gasteiger partial charge in [0.15, 0.2) is 0 Å². The second-order valence-corrected chi connectivity index (χ2v) is 5.01. The molecule has 1 amide bonds. The Bertz CT molecular complexity index is 451. The fourth-order valence-electron chi connectivity index (χ4n) is 3.01. The molecular formula is C14H18N2O3. The number of rotatable bonds is 2. The second-order valence-electron chi connectivity index (χ2n) is 5.01. The third-order valence-electron chi connectivity index (χ3n) is 3.97. The van der Waals surface area contributed by atoms with Crippen LogP contribution >= 0.6 is 0 Å². The lowest BCUT2D eigenvalue weighted by Gasteiger charge is -2.32.